The second kappa shape index (κ2) is 9.84. The Labute approximate surface area is 198 Å². The molecule has 1 saturated heterocycles. The van der Waals surface area contributed by atoms with E-state index in [0.29, 0.717) is 0 Å². The molecule has 3 heterocycles. The number of anilines is 1. The van der Waals surface area contributed by atoms with Gasteiger partial charge in [-0.1, -0.05) is 30.3 Å². The van der Waals surface area contributed by atoms with Crippen molar-refractivity contribution in [3.05, 3.63) is 53.2 Å². The molecule has 14 heteroatoms. The van der Waals surface area contributed by atoms with Crippen LogP contribution in [0.3, 0.4) is 0 Å². The standard InChI is InChI=1S/C20H23ClFN4O7P/c1-10(11-5-3-2-4-6-11)23-17-14-12(22)7-26(18(14)25-20(21)24-17)19-16(28)15(27)13(33-19)8-32-9-34(29,30)31/h2-7,10,13,15-16,19,27-28H,8-9H2,1H3,(H,23,24,25)(H2,29,30,31)/t10?,13-,15-,16-,19-/m1/s1. The van der Waals surface area contributed by atoms with Crippen LogP contribution in [0.25, 0.3) is 11.0 Å². The summed E-state index contributed by atoms with van der Waals surface area (Å²) < 4.78 is 37.7. The second-order valence-electron chi connectivity index (χ2n) is 7.91. The minimum atomic E-state index is -4.42. The number of nitrogens with one attached hydrogen (secondary N) is 1. The molecule has 1 aliphatic heterocycles. The van der Waals surface area contributed by atoms with Crippen molar-refractivity contribution in [2.75, 3.05) is 18.3 Å². The Morgan fingerprint density at radius 3 is 2.65 bits per heavy atom. The fourth-order valence-electron chi connectivity index (χ4n) is 3.79. The molecule has 1 aromatic carbocycles. The molecule has 0 saturated carbocycles. The Morgan fingerprint density at radius 2 is 1.97 bits per heavy atom. The molecule has 1 unspecified atom stereocenters. The van der Waals surface area contributed by atoms with Crippen molar-refractivity contribution < 1.29 is 38.4 Å². The van der Waals surface area contributed by atoms with Gasteiger partial charge in [0.2, 0.25) is 5.28 Å². The monoisotopic (exact) mass is 516 g/mol. The van der Waals surface area contributed by atoms with E-state index in [-0.39, 0.29) is 28.2 Å². The number of ether oxygens (including phenoxy) is 2. The van der Waals surface area contributed by atoms with Crippen molar-refractivity contribution in [1.29, 1.82) is 0 Å². The number of aliphatic hydroxyl groups is 2. The second-order valence-corrected chi connectivity index (χ2v) is 9.84. The summed E-state index contributed by atoms with van der Waals surface area (Å²) in [6, 6.07) is 9.18. The topological polar surface area (TPSA) is 159 Å². The van der Waals surface area contributed by atoms with E-state index < -0.39 is 50.9 Å². The van der Waals surface area contributed by atoms with Gasteiger partial charge in [-0.25, -0.2) is 4.39 Å². The largest absolute Gasteiger partial charge is 0.387 e. The lowest BCUT2D eigenvalue weighted by Crippen LogP contribution is -2.33. The van der Waals surface area contributed by atoms with Gasteiger partial charge >= 0.3 is 7.60 Å². The van der Waals surface area contributed by atoms with E-state index in [1.165, 1.54) is 4.57 Å². The molecule has 11 nitrogen and oxygen atoms in total. The van der Waals surface area contributed by atoms with Crippen molar-refractivity contribution in [2.24, 2.45) is 0 Å². The van der Waals surface area contributed by atoms with Crippen molar-refractivity contribution in [3.8, 4) is 0 Å². The van der Waals surface area contributed by atoms with Gasteiger partial charge in [-0.3, -0.25) is 4.57 Å². The first-order valence-electron chi connectivity index (χ1n) is 10.2. The average Bonchev–Trinajstić information content (AvgIpc) is 3.24. The summed E-state index contributed by atoms with van der Waals surface area (Å²) >= 11 is 6.10. The van der Waals surface area contributed by atoms with Crippen molar-refractivity contribution in [1.82, 2.24) is 14.5 Å². The molecule has 0 spiro atoms. The molecule has 1 fully saturated rings. The molecule has 0 aliphatic carbocycles. The van der Waals surface area contributed by atoms with E-state index in [4.69, 9.17) is 30.9 Å². The van der Waals surface area contributed by atoms with Gasteiger partial charge in [0.1, 0.15) is 30.5 Å². The molecular weight excluding hydrogens is 494 g/mol. The van der Waals surface area contributed by atoms with Crippen molar-refractivity contribution >= 4 is 36.0 Å². The predicted molar refractivity (Wildman–Crippen MR) is 120 cm³/mol. The normalized spacial score (nSPS) is 24.0. The first-order valence-corrected chi connectivity index (χ1v) is 12.4. The van der Waals surface area contributed by atoms with Crippen LogP contribution in [0.15, 0.2) is 36.5 Å². The SMILES string of the molecule is CC(Nc1nc(Cl)nc2c1c(F)cn2[C@@H]1O[C@H](COCP(=O)(O)O)[C@@H](O)[C@H]1O)c1ccccc1. The maximum Gasteiger partial charge on any atom is 0.350 e. The van der Waals surface area contributed by atoms with Crippen LogP contribution in [0.1, 0.15) is 24.8 Å². The lowest BCUT2D eigenvalue weighted by Gasteiger charge is -2.18. The third-order valence-corrected chi connectivity index (χ3v) is 6.09. The molecule has 0 radical (unpaired) electrons. The van der Waals surface area contributed by atoms with E-state index >= 15 is 4.39 Å². The first-order chi connectivity index (χ1) is 16.0. The summed E-state index contributed by atoms with van der Waals surface area (Å²) in [5.74, 6) is -0.571. The molecule has 184 valence electrons. The average molecular weight is 517 g/mol. The Hall–Kier alpha value is -2.15. The number of fused-ring (bicyclic) bond motifs is 1. The summed E-state index contributed by atoms with van der Waals surface area (Å²) in [7, 11) is -4.42. The Kier molecular flexibility index (Phi) is 7.22. The lowest BCUT2D eigenvalue weighted by atomic mass is 10.1. The highest BCUT2D eigenvalue weighted by Gasteiger charge is 2.45. The van der Waals surface area contributed by atoms with Crippen LogP contribution in [0.5, 0.6) is 0 Å². The van der Waals surface area contributed by atoms with Crippen LogP contribution in [0.4, 0.5) is 10.2 Å². The maximum atomic E-state index is 15.1. The summed E-state index contributed by atoms with van der Waals surface area (Å²) in [6.07, 6.45) is -5.19. The van der Waals surface area contributed by atoms with Crippen LogP contribution in [-0.2, 0) is 14.0 Å². The van der Waals surface area contributed by atoms with Gasteiger partial charge in [0, 0.05) is 12.2 Å². The molecule has 5 atom stereocenters. The summed E-state index contributed by atoms with van der Waals surface area (Å²) in [4.78, 5) is 26.0. The van der Waals surface area contributed by atoms with Gasteiger partial charge < -0.3 is 39.4 Å². The lowest BCUT2D eigenvalue weighted by molar-refractivity contribution is -0.0612. The van der Waals surface area contributed by atoms with E-state index in [1.54, 1.807) is 0 Å². The summed E-state index contributed by atoms with van der Waals surface area (Å²) in [6.45, 7) is 1.47. The zero-order chi connectivity index (χ0) is 24.6. The number of hydrogen-bond acceptors (Lipinski definition) is 8. The van der Waals surface area contributed by atoms with E-state index in [1.807, 2.05) is 37.3 Å². The van der Waals surface area contributed by atoms with Crippen LogP contribution in [-0.4, -0.2) is 65.8 Å². The maximum absolute atomic E-state index is 15.1. The quantitative estimate of drug-likeness (QED) is 0.222. The highest BCUT2D eigenvalue weighted by Crippen LogP contribution is 2.37. The number of aromatic nitrogens is 3. The van der Waals surface area contributed by atoms with Crippen LogP contribution in [0, 0.1) is 5.82 Å². The van der Waals surface area contributed by atoms with E-state index in [2.05, 4.69) is 15.3 Å². The van der Waals surface area contributed by atoms with E-state index in [9.17, 15) is 14.8 Å². The van der Waals surface area contributed by atoms with Gasteiger partial charge in [0.15, 0.2) is 17.7 Å². The van der Waals surface area contributed by atoms with Gasteiger partial charge in [-0.05, 0) is 24.1 Å². The third-order valence-electron chi connectivity index (χ3n) is 5.40. The van der Waals surface area contributed by atoms with Gasteiger partial charge in [0.05, 0.1) is 12.0 Å². The molecule has 34 heavy (non-hydrogen) atoms. The summed E-state index contributed by atoms with van der Waals surface area (Å²) in [5.41, 5.74) is 0.953. The zero-order valence-corrected chi connectivity index (χ0v) is 19.5. The van der Waals surface area contributed by atoms with Crippen LogP contribution < -0.4 is 5.32 Å². The van der Waals surface area contributed by atoms with Crippen molar-refractivity contribution in [3.63, 3.8) is 0 Å². The minimum absolute atomic E-state index is 0.0127. The van der Waals surface area contributed by atoms with Gasteiger partial charge in [-0.15, -0.1) is 0 Å². The number of aliphatic hydroxyl groups excluding tert-OH is 2. The van der Waals surface area contributed by atoms with Gasteiger partial charge in [0.25, 0.3) is 0 Å². The number of benzene rings is 1. The molecule has 0 amide bonds. The van der Waals surface area contributed by atoms with Crippen LogP contribution >= 0.6 is 19.2 Å². The number of rotatable bonds is 8. The predicted octanol–water partition coefficient (Wildman–Crippen LogP) is 2.17. The molecule has 5 N–H and O–H groups in total. The fourth-order valence-corrected chi connectivity index (χ4v) is 4.30. The number of nitrogens with zero attached hydrogens (tertiary/aromatic N) is 3. The highest BCUT2D eigenvalue weighted by atomic mass is 35.5. The number of hydrogen-bond donors (Lipinski definition) is 5. The Bertz CT molecular complexity index is 1210. The minimum Gasteiger partial charge on any atom is -0.387 e. The molecular formula is C20H23ClFN4O7P. The third kappa shape index (κ3) is 5.24. The van der Waals surface area contributed by atoms with Crippen LogP contribution in [0.2, 0.25) is 5.28 Å². The fraction of sp³-hybridized carbons (Fsp3) is 0.400. The van der Waals surface area contributed by atoms with Crippen molar-refractivity contribution in [2.45, 2.75) is 37.5 Å². The smallest absolute Gasteiger partial charge is 0.350 e. The zero-order valence-electron chi connectivity index (χ0n) is 17.8. The Morgan fingerprint density at radius 1 is 1.26 bits per heavy atom. The van der Waals surface area contributed by atoms with Gasteiger partial charge in [-0.2, -0.15) is 9.97 Å². The molecule has 0 bridgehead atoms. The molecule has 3 aromatic rings. The highest BCUT2D eigenvalue weighted by molar-refractivity contribution is 7.51. The van der Waals surface area contributed by atoms with E-state index in [0.717, 1.165) is 11.8 Å². The number of halogens is 2. The molecule has 2 aromatic heterocycles. The molecule has 4 rings (SSSR count). The molecule has 1 aliphatic rings. The first kappa shape index (κ1) is 25.0. The Balaban J connectivity index is 1.62. The summed E-state index contributed by atoms with van der Waals surface area (Å²) in [5, 5.41) is 23.8.